The number of aliphatic carboxylic acids is 2. The number of hydrogen-bond acceptors (Lipinski definition) is 2. The summed E-state index contributed by atoms with van der Waals surface area (Å²) in [5, 5.41) is 18.1. The first-order chi connectivity index (χ1) is 22.6. The Bertz CT molecular complexity index is 1030. The minimum absolute atomic E-state index is 0.226. The molecule has 0 aromatic rings. The SMILES string of the molecule is CCCCC/C=C\C/C=C\C/C=C\C/C=C\CCC(CCCCCCCCCC=CC=CC=CC=CC=CC=CC(=O)O)C(=O)O. The van der Waals surface area contributed by atoms with Gasteiger partial charge in [-0.15, -0.1) is 0 Å². The second kappa shape index (κ2) is 35.8. The molecule has 0 bridgehead atoms. The fraction of sp³-hybridized carbons (Fsp3) is 0.476. The molecule has 0 radical (unpaired) electrons. The van der Waals surface area contributed by atoms with Crippen LogP contribution in [0.4, 0.5) is 0 Å². The van der Waals surface area contributed by atoms with Crippen molar-refractivity contribution >= 4 is 11.9 Å². The Morgan fingerprint density at radius 1 is 0.457 bits per heavy atom. The van der Waals surface area contributed by atoms with Gasteiger partial charge in [-0.25, -0.2) is 4.79 Å². The van der Waals surface area contributed by atoms with Crippen molar-refractivity contribution in [3.05, 3.63) is 122 Å². The smallest absolute Gasteiger partial charge is 0.328 e. The summed E-state index contributed by atoms with van der Waals surface area (Å²) in [6.07, 6.45) is 59.2. The Balaban J connectivity index is 3.75. The Kier molecular flexibility index (Phi) is 33.0. The summed E-state index contributed by atoms with van der Waals surface area (Å²) < 4.78 is 0. The van der Waals surface area contributed by atoms with E-state index in [1.54, 1.807) is 12.2 Å². The highest BCUT2D eigenvalue weighted by atomic mass is 16.4. The summed E-state index contributed by atoms with van der Waals surface area (Å²) in [4.78, 5) is 22.0. The van der Waals surface area contributed by atoms with Crippen LogP contribution in [0.3, 0.4) is 0 Å². The molecule has 0 aliphatic carbocycles. The van der Waals surface area contributed by atoms with Gasteiger partial charge in [0.1, 0.15) is 0 Å². The van der Waals surface area contributed by atoms with Crippen molar-refractivity contribution in [3.8, 4) is 0 Å². The standard InChI is InChI=1S/C42H62O4/c1-2-3-4-5-6-7-8-9-10-16-19-22-25-28-31-34-37-40(42(45)46)38-35-32-29-26-23-20-17-14-12-11-13-15-18-21-24-27-30-33-36-39-41(43)44/h6-7,9-13,15,18-19,21-22,24,27-28,30-31,33,36,39-40H,2-5,8,14,16-17,20,23,25-26,29,32,34-35,37-38H2,1H3,(H,43,44)(H,45,46)/b7-6-,10-9-,12-11?,15-13?,21-18?,22-19-,27-24?,31-28-,33-30?,39-36?. The summed E-state index contributed by atoms with van der Waals surface area (Å²) in [6, 6.07) is 0. The van der Waals surface area contributed by atoms with E-state index in [1.165, 1.54) is 63.9 Å². The number of carbonyl (C=O) groups is 2. The summed E-state index contributed by atoms with van der Waals surface area (Å²) in [5.41, 5.74) is 0. The van der Waals surface area contributed by atoms with E-state index >= 15 is 0 Å². The molecule has 0 aliphatic rings. The fourth-order valence-corrected chi connectivity index (χ4v) is 4.61. The number of carboxylic acids is 2. The molecule has 0 saturated heterocycles. The summed E-state index contributed by atoms with van der Waals surface area (Å²) in [7, 11) is 0. The van der Waals surface area contributed by atoms with Crippen molar-refractivity contribution in [3.63, 3.8) is 0 Å². The third kappa shape index (κ3) is 34.8. The van der Waals surface area contributed by atoms with Crippen LogP contribution in [-0.4, -0.2) is 22.2 Å². The summed E-state index contributed by atoms with van der Waals surface area (Å²) >= 11 is 0. The number of hydrogen-bond donors (Lipinski definition) is 2. The topological polar surface area (TPSA) is 74.6 Å². The average Bonchev–Trinajstić information content (AvgIpc) is 3.03. The van der Waals surface area contributed by atoms with Gasteiger partial charge in [-0.05, 0) is 64.2 Å². The molecule has 1 unspecified atom stereocenters. The highest BCUT2D eigenvalue weighted by Gasteiger charge is 2.15. The zero-order valence-electron chi connectivity index (χ0n) is 28.6. The maximum atomic E-state index is 11.7. The Morgan fingerprint density at radius 3 is 1.43 bits per heavy atom. The van der Waals surface area contributed by atoms with Crippen molar-refractivity contribution < 1.29 is 19.8 Å². The van der Waals surface area contributed by atoms with Gasteiger partial charge in [-0.2, -0.15) is 0 Å². The molecule has 4 nitrogen and oxygen atoms in total. The first-order valence-corrected chi connectivity index (χ1v) is 17.6. The number of rotatable bonds is 30. The van der Waals surface area contributed by atoms with Crippen molar-refractivity contribution in [2.24, 2.45) is 5.92 Å². The van der Waals surface area contributed by atoms with Gasteiger partial charge in [0.15, 0.2) is 0 Å². The van der Waals surface area contributed by atoms with Crippen LogP contribution in [0.1, 0.15) is 122 Å². The molecule has 0 amide bonds. The Labute approximate surface area is 281 Å². The van der Waals surface area contributed by atoms with Crippen LogP contribution < -0.4 is 0 Å². The second-order valence-electron chi connectivity index (χ2n) is 11.4. The minimum Gasteiger partial charge on any atom is -0.481 e. The summed E-state index contributed by atoms with van der Waals surface area (Å²) in [5.74, 6) is -1.83. The zero-order valence-corrected chi connectivity index (χ0v) is 28.6. The molecular weight excluding hydrogens is 568 g/mol. The van der Waals surface area contributed by atoms with Crippen molar-refractivity contribution in [2.75, 3.05) is 0 Å². The van der Waals surface area contributed by atoms with E-state index in [0.29, 0.717) is 0 Å². The highest BCUT2D eigenvalue weighted by Crippen LogP contribution is 2.18. The monoisotopic (exact) mass is 630 g/mol. The van der Waals surface area contributed by atoms with E-state index in [9.17, 15) is 14.7 Å². The minimum atomic E-state index is -0.952. The van der Waals surface area contributed by atoms with Crippen LogP contribution in [-0.2, 0) is 9.59 Å². The van der Waals surface area contributed by atoms with Gasteiger partial charge in [-0.3, -0.25) is 4.79 Å². The van der Waals surface area contributed by atoms with Crippen LogP contribution >= 0.6 is 0 Å². The van der Waals surface area contributed by atoms with Crippen LogP contribution in [0, 0.1) is 5.92 Å². The lowest BCUT2D eigenvalue weighted by Gasteiger charge is -2.10. The van der Waals surface area contributed by atoms with Crippen LogP contribution in [0.25, 0.3) is 0 Å². The number of unbranched alkanes of at least 4 members (excludes halogenated alkanes) is 10. The molecule has 0 spiro atoms. The van der Waals surface area contributed by atoms with Gasteiger partial charge in [-0.1, -0.05) is 174 Å². The maximum Gasteiger partial charge on any atom is 0.328 e. The van der Waals surface area contributed by atoms with Gasteiger partial charge >= 0.3 is 11.9 Å². The molecule has 0 aromatic carbocycles. The molecule has 0 aromatic heterocycles. The van der Waals surface area contributed by atoms with Gasteiger partial charge < -0.3 is 10.2 Å². The fourth-order valence-electron chi connectivity index (χ4n) is 4.61. The van der Waals surface area contributed by atoms with Gasteiger partial charge in [0.2, 0.25) is 0 Å². The van der Waals surface area contributed by atoms with Crippen molar-refractivity contribution in [1.82, 2.24) is 0 Å². The zero-order chi connectivity index (χ0) is 33.6. The molecule has 4 heteroatoms. The quantitative estimate of drug-likeness (QED) is 0.0358. The van der Waals surface area contributed by atoms with Gasteiger partial charge in [0.25, 0.3) is 0 Å². The van der Waals surface area contributed by atoms with E-state index in [-0.39, 0.29) is 5.92 Å². The van der Waals surface area contributed by atoms with Crippen LogP contribution in [0.2, 0.25) is 0 Å². The second-order valence-corrected chi connectivity index (χ2v) is 11.4. The van der Waals surface area contributed by atoms with Gasteiger partial charge in [0.05, 0.1) is 5.92 Å². The lowest BCUT2D eigenvalue weighted by molar-refractivity contribution is -0.142. The Hall–Kier alpha value is -3.66. The first-order valence-electron chi connectivity index (χ1n) is 17.6. The molecule has 2 N–H and O–H groups in total. The lowest BCUT2D eigenvalue weighted by Crippen LogP contribution is -2.13. The molecule has 0 heterocycles. The maximum absolute atomic E-state index is 11.7. The Morgan fingerprint density at radius 2 is 0.891 bits per heavy atom. The van der Waals surface area contributed by atoms with Crippen molar-refractivity contribution in [2.45, 2.75) is 122 Å². The molecule has 0 fully saturated rings. The van der Waals surface area contributed by atoms with E-state index in [4.69, 9.17) is 5.11 Å². The normalized spacial score (nSPS) is 13.8. The number of allylic oxidation sites excluding steroid dienone is 19. The first kappa shape index (κ1) is 42.3. The molecule has 254 valence electrons. The van der Waals surface area contributed by atoms with E-state index < -0.39 is 11.9 Å². The average molecular weight is 631 g/mol. The molecular formula is C42H62O4. The predicted octanol–water partition coefficient (Wildman–Crippen LogP) is 12.4. The number of carboxylic acid groups (broad SMARTS) is 2. The predicted molar refractivity (Wildman–Crippen MR) is 199 cm³/mol. The molecule has 46 heavy (non-hydrogen) atoms. The van der Waals surface area contributed by atoms with Crippen LogP contribution in [0.15, 0.2) is 122 Å². The summed E-state index contributed by atoms with van der Waals surface area (Å²) in [6.45, 7) is 2.24. The van der Waals surface area contributed by atoms with Crippen LogP contribution in [0.5, 0.6) is 0 Å². The third-order valence-electron chi connectivity index (χ3n) is 7.29. The van der Waals surface area contributed by atoms with E-state index in [1.807, 2.05) is 36.5 Å². The molecule has 0 rings (SSSR count). The van der Waals surface area contributed by atoms with Gasteiger partial charge in [0, 0.05) is 6.08 Å². The largest absolute Gasteiger partial charge is 0.481 e. The lowest BCUT2D eigenvalue weighted by atomic mass is 9.95. The van der Waals surface area contributed by atoms with E-state index in [0.717, 1.165) is 63.9 Å². The molecule has 0 saturated carbocycles. The molecule has 0 aliphatic heterocycles. The molecule has 1 atom stereocenters. The highest BCUT2D eigenvalue weighted by molar-refractivity contribution is 5.80. The van der Waals surface area contributed by atoms with E-state index in [2.05, 4.69) is 67.7 Å². The van der Waals surface area contributed by atoms with Crippen molar-refractivity contribution in [1.29, 1.82) is 0 Å². The third-order valence-corrected chi connectivity index (χ3v) is 7.29.